The summed E-state index contributed by atoms with van der Waals surface area (Å²) in [5.41, 5.74) is 6.92. The zero-order valence-corrected chi connectivity index (χ0v) is 18.1. The number of aryl methyl sites for hydroxylation is 1. The highest BCUT2D eigenvalue weighted by atomic mass is 16.1. The number of carbonyl (C=O) groups is 1. The number of nitrogens with zero attached hydrogens (tertiary/aromatic N) is 4. The lowest BCUT2D eigenvalue weighted by atomic mass is 10.0. The molecule has 8 heteroatoms. The van der Waals surface area contributed by atoms with Gasteiger partial charge in [-0.1, -0.05) is 26.8 Å². The molecule has 0 aliphatic carbocycles. The van der Waals surface area contributed by atoms with Crippen molar-refractivity contribution in [1.29, 1.82) is 0 Å². The number of fused-ring (bicyclic) bond motifs is 2. The largest absolute Gasteiger partial charge is 0.335 e. The lowest BCUT2D eigenvalue weighted by Crippen LogP contribution is -2.17. The average molecular weight is 425 g/mol. The Balaban J connectivity index is 1.59. The van der Waals surface area contributed by atoms with Crippen molar-refractivity contribution in [1.82, 2.24) is 30.1 Å². The molecular weight excluding hydrogens is 402 g/mol. The molecule has 0 fully saturated rings. The van der Waals surface area contributed by atoms with Gasteiger partial charge in [-0.2, -0.15) is 5.10 Å². The fourth-order valence-electron chi connectivity index (χ4n) is 3.63. The van der Waals surface area contributed by atoms with Crippen LogP contribution in [0.25, 0.3) is 44.7 Å². The molecule has 0 spiro atoms. The van der Waals surface area contributed by atoms with Crippen molar-refractivity contribution >= 4 is 33.7 Å². The minimum absolute atomic E-state index is 0.00530. The number of hydrogen-bond donors (Lipinski definition) is 3. The minimum atomic E-state index is -0.0887. The summed E-state index contributed by atoms with van der Waals surface area (Å²) in [4.78, 5) is 28.9. The highest BCUT2D eigenvalue weighted by Gasteiger charge is 2.15. The van der Waals surface area contributed by atoms with Crippen LogP contribution in [0.2, 0.25) is 0 Å². The predicted octanol–water partition coefficient (Wildman–Crippen LogP) is 4.72. The molecule has 1 amide bonds. The van der Waals surface area contributed by atoms with E-state index in [1.165, 1.54) is 0 Å². The standard InChI is InChI=1S/C24H23N7O/c1-4-14-7-15(9-17(8-14)27-24(32)13(2)3)16-10-18-21(30-31-22(18)26-11-16)23-28-19-5-6-25-12-20(19)29-23/h5-13H,4H2,1-3H3,(H,27,32)(H,28,29)(H,26,30,31). The van der Waals surface area contributed by atoms with E-state index >= 15 is 0 Å². The third-order valence-corrected chi connectivity index (χ3v) is 5.46. The average Bonchev–Trinajstić information content (AvgIpc) is 3.42. The first-order chi connectivity index (χ1) is 15.5. The van der Waals surface area contributed by atoms with Gasteiger partial charge >= 0.3 is 0 Å². The Morgan fingerprint density at radius 2 is 2.00 bits per heavy atom. The summed E-state index contributed by atoms with van der Waals surface area (Å²) in [6.45, 7) is 5.86. The molecule has 1 aromatic carbocycles. The summed E-state index contributed by atoms with van der Waals surface area (Å²) in [5.74, 6) is 0.588. The van der Waals surface area contributed by atoms with Crippen LogP contribution in [0.4, 0.5) is 5.69 Å². The molecule has 0 bridgehead atoms. The highest BCUT2D eigenvalue weighted by molar-refractivity contribution is 5.95. The number of H-pyrrole nitrogens is 2. The summed E-state index contributed by atoms with van der Waals surface area (Å²) in [7, 11) is 0. The van der Waals surface area contributed by atoms with Crippen LogP contribution < -0.4 is 5.32 Å². The molecule has 32 heavy (non-hydrogen) atoms. The zero-order valence-electron chi connectivity index (χ0n) is 18.1. The normalized spacial score (nSPS) is 11.5. The Labute approximate surface area is 184 Å². The van der Waals surface area contributed by atoms with E-state index in [0.717, 1.165) is 50.9 Å². The summed E-state index contributed by atoms with van der Waals surface area (Å²) < 4.78 is 0. The number of hydrogen-bond acceptors (Lipinski definition) is 5. The van der Waals surface area contributed by atoms with E-state index in [0.29, 0.717) is 11.5 Å². The maximum Gasteiger partial charge on any atom is 0.226 e. The Morgan fingerprint density at radius 1 is 1.12 bits per heavy atom. The number of pyridine rings is 2. The van der Waals surface area contributed by atoms with Crippen LogP contribution in [0.1, 0.15) is 26.3 Å². The molecule has 0 atom stereocenters. The summed E-state index contributed by atoms with van der Waals surface area (Å²) in [5, 5.41) is 11.3. The second-order valence-corrected chi connectivity index (χ2v) is 8.09. The Kier molecular flexibility index (Phi) is 4.89. The molecule has 0 saturated heterocycles. The molecule has 5 aromatic rings. The minimum Gasteiger partial charge on any atom is -0.335 e. The quantitative estimate of drug-likeness (QED) is 0.377. The Hall–Kier alpha value is -4.07. The summed E-state index contributed by atoms with van der Waals surface area (Å²) in [6, 6.07) is 10.0. The van der Waals surface area contributed by atoms with Gasteiger partial charge in [0.25, 0.3) is 0 Å². The van der Waals surface area contributed by atoms with Gasteiger partial charge in [0.05, 0.1) is 22.6 Å². The molecule has 3 N–H and O–H groups in total. The van der Waals surface area contributed by atoms with Crippen molar-refractivity contribution < 1.29 is 4.79 Å². The van der Waals surface area contributed by atoms with Gasteiger partial charge in [0.1, 0.15) is 5.69 Å². The maximum absolute atomic E-state index is 12.2. The first-order valence-corrected chi connectivity index (χ1v) is 10.6. The predicted molar refractivity (Wildman–Crippen MR) is 125 cm³/mol. The van der Waals surface area contributed by atoms with Crippen molar-refractivity contribution in [3.63, 3.8) is 0 Å². The topological polar surface area (TPSA) is 112 Å². The lowest BCUT2D eigenvalue weighted by molar-refractivity contribution is -0.118. The van der Waals surface area contributed by atoms with Crippen molar-refractivity contribution in [3.8, 4) is 22.6 Å². The van der Waals surface area contributed by atoms with Crippen LogP contribution in [0.3, 0.4) is 0 Å². The number of nitrogens with one attached hydrogen (secondary N) is 3. The van der Waals surface area contributed by atoms with Crippen molar-refractivity contribution in [2.45, 2.75) is 27.2 Å². The van der Waals surface area contributed by atoms with Gasteiger partial charge in [0, 0.05) is 29.6 Å². The van der Waals surface area contributed by atoms with Gasteiger partial charge in [-0.25, -0.2) is 9.97 Å². The fraction of sp³-hybridized carbons (Fsp3) is 0.208. The summed E-state index contributed by atoms with van der Waals surface area (Å²) in [6.07, 6.45) is 6.13. The molecule has 5 rings (SSSR count). The SMILES string of the molecule is CCc1cc(NC(=O)C(C)C)cc(-c2cnc3n[nH]c(-c4nc5ccncc5[nH]4)c3c2)c1. The van der Waals surface area contributed by atoms with Crippen LogP contribution in [0.5, 0.6) is 0 Å². The molecule has 160 valence electrons. The van der Waals surface area contributed by atoms with E-state index in [2.05, 4.69) is 54.5 Å². The van der Waals surface area contributed by atoms with Gasteiger partial charge in [-0.05, 0) is 41.8 Å². The number of aromatic nitrogens is 6. The molecule has 8 nitrogen and oxygen atoms in total. The third-order valence-electron chi connectivity index (χ3n) is 5.46. The molecule has 0 unspecified atom stereocenters. The number of amides is 1. The Morgan fingerprint density at radius 3 is 2.78 bits per heavy atom. The molecule has 4 heterocycles. The second-order valence-electron chi connectivity index (χ2n) is 8.09. The van der Waals surface area contributed by atoms with Crippen LogP contribution in [-0.4, -0.2) is 36.0 Å². The van der Waals surface area contributed by atoms with Crippen molar-refractivity contribution in [2.75, 3.05) is 5.32 Å². The monoisotopic (exact) mass is 425 g/mol. The molecule has 0 aliphatic rings. The van der Waals surface area contributed by atoms with Gasteiger partial charge < -0.3 is 10.3 Å². The van der Waals surface area contributed by atoms with Gasteiger partial charge in [0.15, 0.2) is 11.5 Å². The fourth-order valence-corrected chi connectivity index (χ4v) is 3.63. The number of rotatable bonds is 5. The lowest BCUT2D eigenvalue weighted by Gasteiger charge is -2.12. The molecule has 0 aliphatic heterocycles. The second kappa shape index (κ2) is 7.88. The number of aromatic amines is 2. The third kappa shape index (κ3) is 3.60. The van der Waals surface area contributed by atoms with Gasteiger partial charge in [-0.3, -0.25) is 14.9 Å². The van der Waals surface area contributed by atoms with Crippen molar-refractivity contribution in [2.24, 2.45) is 5.92 Å². The van der Waals surface area contributed by atoms with E-state index in [4.69, 9.17) is 0 Å². The van der Waals surface area contributed by atoms with E-state index in [-0.39, 0.29) is 11.8 Å². The van der Waals surface area contributed by atoms with Crippen LogP contribution in [0, 0.1) is 5.92 Å². The number of imidazole rings is 1. The van der Waals surface area contributed by atoms with Crippen molar-refractivity contribution in [3.05, 3.63) is 54.5 Å². The summed E-state index contributed by atoms with van der Waals surface area (Å²) >= 11 is 0. The first kappa shape index (κ1) is 19.9. The van der Waals surface area contributed by atoms with Crippen LogP contribution >= 0.6 is 0 Å². The molecule has 0 saturated carbocycles. The highest BCUT2D eigenvalue weighted by Crippen LogP contribution is 2.31. The van der Waals surface area contributed by atoms with Gasteiger partial charge in [-0.15, -0.1) is 0 Å². The number of benzene rings is 1. The van der Waals surface area contributed by atoms with Gasteiger partial charge in [0.2, 0.25) is 5.91 Å². The first-order valence-electron chi connectivity index (χ1n) is 10.6. The van der Waals surface area contributed by atoms with Crippen LogP contribution in [-0.2, 0) is 11.2 Å². The van der Waals surface area contributed by atoms with E-state index in [9.17, 15) is 4.79 Å². The smallest absolute Gasteiger partial charge is 0.226 e. The molecule has 4 aromatic heterocycles. The molecular formula is C24H23N7O. The van der Waals surface area contributed by atoms with E-state index in [1.807, 2.05) is 32.0 Å². The van der Waals surface area contributed by atoms with E-state index in [1.54, 1.807) is 18.6 Å². The Bertz CT molecular complexity index is 1410. The number of carbonyl (C=O) groups excluding carboxylic acids is 1. The maximum atomic E-state index is 12.2. The zero-order chi connectivity index (χ0) is 22.2. The van der Waals surface area contributed by atoms with E-state index < -0.39 is 0 Å². The molecule has 0 radical (unpaired) electrons. The number of anilines is 1. The van der Waals surface area contributed by atoms with Crippen LogP contribution in [0.15, 0.2) is 48.9 Å².